The van der Waals surface area contributed by atoms with Gasteiger partial charge >= 0.3 is 5.97 Å². The Morgan fingerprint density at radius 3 is 2.74 bits per heavy atom. The lowest BCUT2D eigenvalue weighted by Crippen LogP contribution is -2.32. The summed E-state index contributed by atoms with van der Waals surface area (Å²) in [7, 11) is 0. The minimum absolute atomic E-state index is 0.0763. The molecule has 142 valence electrons. The van der Waals surface area contributed by atoms with Gasteiger partial charge in [-0.2, -0.15) is 0 Å². The second-order valence-electron chi connectivity index (χ2n) is 5.84. The van der Waals surface area contributed by atoms with Gasteiger partial charge in [-0.15, -0.1) is 0 Å². The molecular weight excluding hydrogens is 387 g/mol. The van der Waals surface area contributed by atoms with E-state index in [1.807, 2.05) is 5.32 Å². The van der Waals surface area contributed by atoms with Crippen molar-refractivity contribution in [2.75, 3.05) is 18.5 Å². The molecule has 0 aliphatic carbocycles. The molecule has 1 aliphatic heterocycles. The number of esters is 1. The Labute approximate surface area is 157 Å². The van der Waals surface area contributed by atoms with Gasteiger partial charge in [-0.1, -0.05) is 11.6 Å². The maximum atomic E-state index is 13.5. The number of rotatable bonds is 4. The lowest BCUT2D eigenvalue weighted by atomic mass is 9.97. The highest BCUT2D eigenvalue weighted by Gasteiger charge is 2.28. The fourth-order valence-corrected chi connectivity index (χ4v) is 2.77. The molecule has 0 saturated carbocycles. The van der Waals surface area contributed by atoms with Gasteiger partial charge < -0.3 is 14.8 Å². The van der Waals surface area contributed by atoms with Crippen LogP contribution in [0.5, 0.6) is 5.75 Å². The van der Waals surface area contributed by atoms with E-state index in [0.29, 0.717) is 23.3 Å². The molecule has 1 aliphatic rings. The highest BCUT2D eigenvalue weighted by Crippen LogP contribution is 2.30. The molecule has 1 atom stereocenters. The van der Waals surface area contributed by atoms with E-state index in [9.17, 15) is 22.8 Å². The summed E-state index contributed by atoms with van der Waals surface area (Å²) in [5, 5.41) is 2.51. The molecule has 1 heterocycles. The Kier molecular flexibility index (Phi) is 5.55. The minimum atomic E-state index is -1.71. The van der Waals surface area contributed by atoms with Gasteiger partial charge in [-0.25, -0.2) is 13.2 Å². The summed E-state index contributed by atoms with van der Waals surface area (Å²) in [6.07, 6.45) is 0.328. The number of halogens is 4. The molecule has 0 fully saturated rings. The highest BCUT2D eigenvalue weighted by atomic mass is 35.5. The number of carbonyl (C=O) groups is 2. The largest absolute Gasteiger partial charge is 0.492 e. The number of ether oxygens (including phenoxy) is 2. The third-order valence-corrected chi connectivity index (χ3v) is 4.15. The van der Waals surface area contributed by atoms with E-state index in [-0.39, 0.29) is 6.61 Å². The smallest absolute Gasteiger partial charge is 0.313 e. The standard InChI is InChI=1S/C18H13ClF3NO4/c19-11-1-4-14-9(6-11)5-10(7-26-14)18(25)27-8-15(24)23-13-3-2-12(20)16(21)17(13)22/h1-4,6,10H,5,7-8H2,(H,23,24)/t10-/m0/s1. The number of carbonyl (C=O) groups excluding carboxylic acids is 2. The zero-order valence-corrected chi connectivity index (χ0v) is 14.5. The van der Waals surface area contributed by atoms with Gasteiger partial charge in [0.15, 0.2) is 24.1 Å². The van der Waals surface area contributed by atoms with Gasteiger partial charge in [-0.05, 0) is 42.3 Å². The van der Waals surface area contributed by atoms with Crippen LogP contribution in [0, 0.1) is 23.4 Å². The number of anilines is 1. The van der Waals surface area contributed by atoms with Crippen molar-refractivity contribution in [3.63, 3.8) is 0 Å². The van der Waals surface area contributed by atoms with Crippen LogP contribution in [0.1, 0.15) is 5.56 Å². The maximum absolute atomic E-state index is 13.5. The Morgan fingerprint density at radius 1 is 1.19 bits per heavy atom. The molecule has 0 radical (unpaired) electrons. The van der Waals surface area contributed by atoms with Crippen molar-refractivity contribution >= 4 is 29.2 Å². The van der Waals surface area contributed by atoms with Crippen molar-refractivity contribution in [1.82, 2.24) is 0 Å². The molecule has 0 bridgehead atoms. The van der Waals surface area contributed by atoms with Crippen LogP contribution in [0.3, 0.4) is 0 Å². The number of amides is 1. The van der Waals surface area contributed by atoms with Gasteiger partial charge in [-0.3, -0.25) is 9.59 Å². The Hall–Kier alpha value is -2.74. The molecule has 0 unspecified atom stereocenters. The molecule has 0 saturated heterocycles. The first-order chi connectivity index (χ1) is 12.8. The predicted octanol–water partition coefficient (Wildman–Crippen LogP) is 3.49. The van der Waals surface area contributed by atoms with Gasteiger partial charge in [0.05, 0.1) is 11.6 Å². The van der Waals surface area contributed by atoms with E-state index in [0.717, 1.165) is 11.6 Å². The Morgan fingerprint density at radius 2 is 1.96 bits per heavy atom. The van der Waals surface area contributed by atoms with Crippen LogP contribution in [0.2, 0.25) is 5.02 Å². The van der Waals surface area contributed by atoms with Gasteiger partial charge in [0, 0.05) is 5.02 Å². The zero-order chi connectivity index (χ0) is 19.6. The predicted molar refractivity (Wildman–Crippen MR) is 90.0 cm³/mol. The molecule has 1 amide bonds. The van der Waals surface area contributed by atoms with Crippen molar-refractivity contribution in [3.05, 3.63) is 58.4 Å². The molecule has 1 N–H and O–H groups in total. The second-order valence-corrected chi connectivity index (χ2v) is 6.28. The quantitative estimate of drug-likeness (QED) is 0.631. The molecule has 0 spiro atoms. The fourth-order valence-electron chi connectivity index (χ4n) is 2.58. The second kappa shape index (κ2) is 7.87. The van der Waals surface area contributed by atoms with E-state index < -0.39 is 47.5 Å². The van der Waals surface area contributed by atoms with Crippen molar-refractivity contribution in [2.45, 2.75) is 6.42 Å². The van der Waals surface area contributed by atoms with Crippen molar-refractivity contribution in [3.8, 4) is 5.75 Å². The fraction of sp³-hybridized carbons (Fsp3) is 0.222. The number of hydrogen-bond donors (Lipinski definition) is 1. The topological polar surface area (TPSA) is 64.6 Å². The lowest BCUT2D eigenvalue weighted by Gasteiger charge is -2.24. The van der Waals surface area contributed by atoms with Gasteiger partial charge in [0.2, 0.25) is 0 Å². The Balaban J connectivity index is 1.55. The number of hydrogen-bond acceptors (Lipinski definition) is 4. The average Bonchev–Trinajstić information content (AvgIpc) is 2.66. The first kappa shape index (κ1) is 19.0. The Bertz CT molecular complexity index is 906. The van der Waals surface area contributed by atoms with Crippen LogP contribution in [0.25, 0.3) is 0 Å². The van der Waals surface area contributed by atoms with Crippen LogP contribution in [0.4, 0.5) is 18.9 Å². The first-order valence-corrected chi connectivity index (χ1v) is 8.24. The van der Waals surface area contributed by atoms with Crippen molar-refractivity contribution in [1.29, 1.82) is 0 Å². The summed E-state index contributed by atoms with van der Waals surface area (Å²) in [5.74, 6) is -6.21. The molecule has 27 heavy (non-hydrogen) atoms. The zero-order valence-electron chi connectivity index (χ0n) is 13.7. The molecule has 5 nitrogen and oxygen atoms in total. The van der Waals surface area contributed by atoms with Crippen molar-refractivity contribution in [2.24, 2.45) is 5.92 Å². The average molecular weight is 400 g/mol. The van der Waals surface area contributed by atoms with Crippen LogP contribution in [-0.4, -0.2) is 25.1 Å². The summed E-state index contributed by atoms with van der Waals surface area (Å²) in [6, 6.07) is 6.57. The monoisotopic (exact) mass is 399 g/mol. The minimum Gasteiger partial charge on any atom is -0.492 e. The summed E-state index contributed by atoms with van der Waals surface area (Å²) < 4.78 is 49.9. The summed E-state index contributed by atoms with van der Waals surface area (Å²) in [5.41, 5.74) is 0.184. The number of benzene rings is 2. The van der Waals surface area contributed by atoms with Crippen molar-refractivity contribution < 1.29 is 32.2 Å². The molecule has 3 rings (SSSR count). The highest BCUT2D eigenvalue weighted by molar-refractivity contribution is 6.30. The maximum Gasteiger partial charge on any atom is 0.313 e. The van der Waals surface area contributed by atoms with Gasteiger partial charge in [0.1, 0.15) is 12.4 Å². The van der Waals surface area contributed by atoms with E-state index in [4.69, 9.17) is 21.1 Å². The number of fused-ring (bicyclic) bond motifs is 1. The third-order valence-electron chi connectivity index (χ3n) is 3.92. The van der Waals surface area contributed by atoms with Crippen LogP contribution >= 0.6 is 11.6 Å². The third kappa shape index (κ3) is 4.33. The lowest BCUT2D eigenvalue weighted by molar-refractivity contribution is -0.152. The normalized spacial score (nSPS) is 15.5. The van der Waals surface area contributed by atoms with Crippen LogP contribution in [-0.2, 0) is 20.7 Å². The van der Waals surface area contributed by atoms with E-state index in [1.165, 1.54) is 0 Å². The van der Waals surface area contributed by atoms with E-state index in [1.54, 1.807) is 18.2 Å². The summed E-state index contributed by atoms with van der Waals surface area (Å²) in [4.78, 5) is 23.9. The van der Waals surface area contributed by atoms with E-state index >= 15 is 0 Å². The molecule has 2 aromatic rings. The molecule has 2 aromatic carbocycles. The molecule has 9 heteroatoms. The van der Waals surface area contributed by atoms with Crippen LogP contribution in [0.15, 0.2) is 30.3 Å². The van der Waals surface area contributed by atoms with E-state index in [2.05, 4.69) is 0 Å². The number of nitrogens with one attached hydrogen (secondary N) is 1. The van der Waals surface area contributed by atoms with Gasteiger partial charge in [0.25, 0.3) is 5.91 Å². The molecule has 0 aromatic heterocycles. The molecular formula is C18H13ClF3NO4. The summed E-state index contributed by atoms with van der Waals surface area (Å²) >= 11 is 5.91. The first-order valence-electron chi connectivity index (χ1n) is 7.86. The SMILES string of the molecule is O=C(COC(=O)[C@@H]1COc2ccc(Cl)cc2C1)Nc1ccc(F)c(F)c1F. The summed E-state index contributed by atoms with van der Waals surface area (Å²) in [6.45, 7) is -0.636. The van der Waals surface area contributed by atoms with Crippen LogP contribution < -0.4 is 10.1 Å².